The largest absolute Gasteiger partial charge is 0.468 e. The first-order valence-electron chi connectivity index (χ1n) is 13.0. The molecule has 10 heteroatoms. The van der Waals surface area contributed by atoms with E-state index in [0.29, 0.717) is 10.9 Å². The molecule has 1 unspecified atom stereocenters. The highest BCUT2D eigenvalue weighted by Gasteiger charge is 2.42. The first-order chi connectivity index (χ1) is 20.4. The Hall–Kier alpha value is -4.59. The lowest BCUT2D eigenvalue weighted by Crippen LogP contribution is -2.43. The molecule has 5 rings (SSSR count). The molecule has 1 heterocycles. The molecular formula is C32H28N3O5PS. The molecule has 8 nitrogen and oxygen atoms in total. The summed E-state index contributed by atoms with van der Waals surface area (Å²) in [6, 6.07) is 35.5. The summed E-state index contributed by atoms with van der Waals surface area (Å²) in [6.07, 6.45) is 0. The van der Waals surface area contributed by atoms with Gasteiger partial charge < -0.3 is 15.3 Å². The van der Waals surface area contributed by atoms with Gasteiger partial charge in [0.2, 0.25) is 0 Å². The molecule has 0 saturated heterocycles. The molecule has 1 atom stereocenters. The summed E-state index contributed by atoms with van der Waals surface area (Å²) in [4.78, 5) is 45.7. The SMILES string of the molecule is COC(=O)C(C(Sc1nc2ccccc2c(=O)n1N)C(=O)OC)=P(c1ccccc1)(c1ccccc1)c1ccccc1. The molecule has 5 aromatic rings. The molecule has 0 aliphatic heterocycles. The molecule has 4 aromatic carbocycles. The van der Waals surface area contributed by atoms with Gasteiger partial charge in [-0.25, -0.2) is 14.5 Å². The highest BCUT2D eigenvalue weighted by molar-refractivity contribution is 8.04. The van der Waals surface area contributed by atoms with E-state index in [9.17, 15) is 14.4 Å². The Bertz CT molecular complexity index is 1760. The Morgan fingerprint density at radius 1 is 0.762 bits per heavy atom. The van der Waals surface area contributed by atoms with Crippen molar-refractivity contribution in [2.75, 3.05) is 20.1 Å². The third-order valence-electron chi connectivity index (χ3n) is 6.85. The van der Waals surface area contributed by atoms with Crippen molar-refractivity contribution in [1.29, 1.82) is 0 Å². The lowest BCUT2D eigenvalue weighted by molar-refractivity contribution is -0.140. The average molecular weight is 598 g/mol. The number of esters is 2. The zero-order valence-corrected chi connectivity index (χ0v) is 24.6. The number of para-hydroxylation sites is 1. The molecule has 42 heavy (non-hydrogen) atoms. The van der Waals surface area contributed by atoms with Gasteiger partial charge in [-0.05, 0) is 34.9 Å². The van der Waals surface area contributed by atoms with Crippen LogP contribution in [0.2, 0.25) is 0 Å². The van der Waals surface area contributed by atoms with E-state index in [2.05, 4.69) is 4.98 Å². The normalized spacial score (nSPS) is 12.0. The maximum absolute atomic E-state index is 14.1. The van der Waals surface area contributed by atoms with Crippen LogP contribution in [-0.2, 0) is 19.1 Å². The smallest absolute Gasteiger partial charge is 0.336 e. The second-order valence-corrected chi connectivity index (χ2v) is 13.6. The third kappa shape index (κ3) is 5.13. The van der Waals surface area contributed by atoms with Crippen LogP contribution in [0, 0.1) is 0 Å². The highest BCUT2D eigenvalue weighted by atomic mass is 32.2. The van der Waals surface area contributed by atoms with Gasteiger partial charge in [-0.3, -0.25) is 9.59 Å². The molecule has 0 saturated carbocycles. The molecule has 0 amide bonds. The molecule has 2 N–H and O–H groups in total. The van der Waals surface area contributed by atoms with E-state index in [4.69, 9.17) is 15.3 Å². The number of thioether (sulfide) groups is 1. The second kappa shape index (κ2) is 12.5. The number of ether oxygens (including phenoxy) is 2. The summed E-state index contributed by atoms with van der Waals surface area (Å²) in [7, 11) is 2.53. The molecule has 1 aromatic heterocycles. The monoisotopic (exact) mass is 597 g/mol. The molecule has 0 bridgehead atoms. The predicted molar refractivity (Wildman–Crippen MR) is 170 cm³/mol. The number of nitrogens with two attached hydrogens (primary N) is 1. The fourth-order valence-corrected chi connectivity index (χ4v) is 11.0. The summed E-state index contributed by atoms with van der Waals surface area (Å²) in [5, 5.41) is 1.75. The van der Waals surface area contributed by atoms with Crippen LogP contribution in [0.1, 0.15) is 0 Å². The maximum atomic E-state index is 14.1. The van der Waals surface area contributed by atoms with Crippen molar-refractivity contribution in [2.24, 2.45) is 0 Å². The van der Waals surface area contributed by atoms with Crippen molar-refractivity contribution < 1.29 is 19.1 Å². The highest BCUT2D eigenvalue weighted by Crippen LogP contribution is 2.49. The van der Waals surface area contributed by atoms with Crippen LogP contribution < -0.4 is 27.3 Å². The summed E-state index contributed by atoms with van der Waals surface area (Å²) < 4.78 is 11.6. The number of hydrogen-bond acceptors (Lipinski definition) is 8. The second-order valence-electron chi connectivity index (χ2n) is 9.16. The Balaban J connectivity index is 1.95. The number of carbonyl (C=O) groups is 2. The number of fused-ring (bicyclic) bond motifs is 1. The summed E-state index contributed by atoms with van der Waals surface area (Å²) in [6.45, 7) is -3.11. The number of aromatic nitrogens is 2. The number of carbonyl (C=O) groups excluding carboxylic acids is 2. The Morgan fingerprint density at radius 2 is 1.24 bits per heavy atom. The van der Waals surface area contributed by atoms with E-state index < -0.39 is 29.6 Å². The molecule has 0 spiro atoms. The minimum Gasteiger partial charge on any atom is -0.468 e. The Kier molecular flexibility index (Phi) is 8.61. The maximum Gasteiger partial charge on any atom is 0.336 e. The molecule has 212 valence electrons. The average Bonchev–Trinajstić information content (AvgIpc) is 3.05. The van der Waals surface area contributed by atoms with Gasteiger partial charge in [-0.1, -0.05) is 115 Å². The van der Waals surface area contributed by atoms with Gasteiger partial charge in [0, 0.05) is 0 Å². The van der Waals surface area contributed by atoms with Crippen LogP contribution in [0.3, 0.4) is 0 Å². The minimum absolute atomic E-state index is 0.0442. The molecule has 0 aliphatic rings. The first kappa shape index (κ1) is 28.9. The van der Waals surface area contributed by atoms with Crippen molar-refractivity contribution in [3.05, 3.63) is 126 Å². The van der Waals surface area contributed by atoms with Gasteiger partial charge in [0.15, 0.2) is 5.16 Å². The predicted octanol–water partition coefficient (Wildman–Crippen LogP) is 3.08. The topological polar surface area (TPSA) is 114 Å². The van der Waals surface area contributed by atoms with Gasteiger partial charge >= 0.3 is 11.9 Å². The van der Waals surface area contributed by atoms with Crippen molar-refractivity contribution in [2.45, 2.75) is 10.4 Å². The number of rotatable bonds is 8. The van der Waals surface area contributed by atoms with E-state index >= 15 is 0 Å². The number of nitrogens with zero attached hydrogens (tertiary/aromatic N) is 2. The number of nitrogen functional groups attached to an aromatic ring is 1. The number of benzene rings is 4. The Morgan fingerprint density at radius 3 is 1.71 bits per heavy atom. The van der Waals surface area contributed by atoms with Gasteiger partial charge in [-0.2, -0.15) is 0 Å². The minimum atomic E-state index is -3.11. The van der Waals surface area contributed by atoms with Crippen molar-refractivity contribution in [3.8, 4) is 0 Å². The van der Waals surface area contributed by atoms with Crippen LogP contribution in [0.15, 0.2) is 125 Å². The van der Waals surface area contributed by atoms with Gasteiger partial charge in [0.05, 0.1) is 30.4 Å². The van der Waals surface area contributed by atoms with E-state index in [1.807, 2.05) is 91.0 Å². The summed E-state index contributed by atoms with van der Waals surface area (Å²) in [5.74, 6) is 4.84. The van der Waals surface area contributed by atoms with Crippen LogP contribution in [0.5, 0.6) is 0 Å². The van der Waals surface area contributed by atoms with Gasteiger partial charge in [0.1, 0.15) is 5.25 Å². The van der Waals surface area contributed by atoms with Crippen LogP contribution in [0.4, 0.5) is 0 Å². The molecule has 0 fully saturated rings. The summed E-state index contributed by atoms with van der Waals surface area (Å²) in [5.41, 5.74) is -0.0771. The van der Waals surface area contributed by atoms with E-state index in [1.165, 1.54) is 14.2 Å². The van der Waals surface area contributed by atoms with Crippen LogP contribution in [-0.4, -0.2) is 46.4 Å². The van der Waals surface area contributed by atoms with Crippen molar-refractivity contribution in [3.63, 3.8) is 0 Å². The lowest BCUT2D eigenvalue weighted by Gasteiger charge is -2.34. The van der Waals surface area contributed by atoms with Crippen LogP contribution >= 0.6 is 18.6 Å². The van der Waals surface area contributed by atoms with Crippen molar-refractivity contribution in [1.82, 2.24) is 9.66 Å². The zero-order chi connectivity index (χ0) is 29.7. The fraction of sp³-hybridized carbons (Fsp3) is 0.0938. The molecule has 0 radical (unpaired) electrons. The zero-order valence-electron chi connectivity index (χ0n) is 22.9. The van der Waals surface area contributed by atoms with Gasteiger partial charge in [0.25, 0.3) is 5.56 Å². The van der Waals surface area contributed by atoms with E-state index in [0.717, 1.165) is 32.4 Å². The molecule has 0 aliphatic carbocycles. The molecular weight excluding hydrogens is 569 g/mol. The number of methoxy groups -OCH3 is 2. The standard InChI is InChI=1S/C32H28N3O5PS/c1-39-30(37)27(28(31(38)40-2)42-32-34-26-21-13-12-20-25(26)29(36)35(32)33)41(22-14-6-3-7-15-22,23-16-8-4-9-17-23)24-18-10-5-11-19-24/h3-21,28H,33H2,1-2H3. The Labute approximate surface area is 247 Å². The lowest BCUT2D eigenvalue weighted by atomic mass is 10.2. The van der Waals surface area contributed by atoms with Crippen LogP contribution in [0.25, 0.3) is 10.9 Å². The van der Waals surface area contributed by atoms with E-state index in [1.54, 1.807) is 24.3 Å². The fourth-order valence-electron chi connectivity index (χ4n) is 4.98. The number of hydrogen-bond donors (Lipinski definition) is 1. The first-order valence-corrected chi connectivity index (χ1v) is 15.6. The van der Waals surface area contributed by atoms with Gasteiger partial charge in [-0.15, -0.1) is 0 Å². The summed E-state index contributed by atoms with van der Waals surface area (Å²) >= 11 is 0.882. The third-order valence-corrected chi connectivity index (χ3v) is 12.6. The van der Waals surface area contributed by atoms with Crippen molar-refractivity contribution >= 4 is 62.7 Å². The van der Waals surface area contributed by atoms with E-state index in [-0.39, 0.29) is 10.4 Å². The quantitative estimate of drug-likeness (QED) is 0.0955.